The number of aromatic hydroxyl groups is 2. The molecule has 0 spiro atoms. The van der Waals surface area contributed by atoms with Gasteiger partial charge in [0.25, 0.3) is 0 Å². The third kappa shape index (κ3) is 4.01. The molecule has 11 N–H and O–H groups in total. The highest BCUT2D eigenvalue weighted by Crippen LogP contribution is 2.44. The molecule has 0 unspecified atom stereocenters. The van der Waals surface area contributed by atoms with Crippen molar-refractivity contribution in [3.05, 3.63) is 65.2 Å². The summed E-state index contributed by atoms with van der Waals surface area (Å²) in [6.45, 7) is -1.71. The number of carboxylic acids is 1. The Balaban J connectivity index is 2.05. The second-order valence-electron chi connectivity index (χ2n) is 8.41. The fraction of sp³-hybridized carbons (Fsp3) is 0.160. The molecule has 3 aromatic carbocycles. The average Bonchev–Trinajstić information content (AvgIpc) is 3.29. The summed E-state index contributed by atoms with van der Waals surface area (Å²) in [5.74, 6) is -2.01. The molecular weight excluding hydrogens is 466 g/mol. The van der Waals surface area contributed by atoms with E-state index in [2.05, 4.69) is 9.97 Å². The fourth-order valence-electron chi connectivity index (χ4n) is 4.01. The van der Waals surface area contributed by atoms with Crippen LogP contribution in [0.4, 0.5) is 0 Å². The molecule has 0 fully saturated rings. The van der Waals surface area contributed by atoms with Crippen LogP contribution in [-0.2, 0) is 16.8 Å². The highest BCUT2D eigenvalue weighted by molar-refractivity contribution is 5.98. The Morgan fingerprint density at radius 2 is 1.69 bits per heavy atom. The van der Waals surface area contributed by atoms with Gasteiger partial charge in [-0.2, -0.15) is 0 Å². The number of imidazole rings is 1. The van der Waals surface area contributed by atoms with Gasteiger partial charge in [0.1, 0.15) is 28.6 Å². The summed E-state index contributed by atoms with van der Waals surface area (Å²) in [6.07, 6.45) is 0. The van der Waals surface area contributed by atoms with Crippen molar-refractivity contribution in [1.82, 2.24) is 9.97 Å². The summed E-state index contributed by atoms with van der Waals surface area (Å²) in [5.41, 5.74) is 11.5. The zero-order valence-electron chi connectivity index (χ0n) is 19.0. The lowest BCUT2D eigenvalue weighted by Crippen LogP contribution is -2.43. The number of amidine groups is 1. The molecule has 0 saturated heterocycles. The van der Waals surface area contributed by atoms with Crippen LogP contribution in [0.1, 0.15) is 16.7 Å². The third-order valence-corrected chi connectivity index (χ3v) is 6.25. The zero-order valence-corrected chi connectivity index (χ0v) is 19.0. The highest BCUT2D eigenvalue weighted by Gasteiger charge is 2.41. The van der Waals surface area contributed by atoms with Crippen LogP contribution in [0.3, 0.4) is 0 Å². The van der Waals surface area contributed by atoms with E-state index in [-0.39, 0.29) is 52.0 Å². The quantitative estimate of drug-likeness (QED) is 0.128. The number of hydrogen-bond donors (Lipinski definition) is 9. The molecule has 0 aliphatic heterocycles. The van der Waals surface area contributed by atoms with Gasteiger partial charge >= 0.3 is 5.97 Å². The fourth-order valence-corrected chi connectivity index (χ4v) is 4.01. The maximum absolute atomic E-state index is 12.2. The molecule has 0 radical (unpaired) electrons. The van der Waals surface area contributed by atoms with Crippen LogP contribution in [0.5, 0.6) is 11.5 Å². The zero-order chi connectivity index (χ0) is 26.2. The summed E-state index contributed by atoms with van der Waals surface area (Å²) < 4.78 is 0. The molecule has 0 atom stereocenters. The number of carbonyl (C=O) groups is 1. The van der Waals surface area contributed by atoms with E-state index in [0.717, 1.165) is 0 Å². The standard InChI is InChI=1S/C25H25N5O6/c26-9-12-1-4-20(33)15(5-12)16-7-14(25(10-31,11-32)24(35)36)8-17(21(16)34)23-29-18-3-2-13(22(27)28)6-19(18)30-23/h1-8,31-34H,9-11,26H2,(H3,27,28)(H,29,30)(H,35,36). The molecule has 186 valence electrons. The van der Waals surface area contributed by atoms with Gasteiger partial charge in [-0.25, -0.2) is 4.98 Å². The van der Waals surface area contributed by atoms with E-state index in [9.17, 15) is 30.3 Å². The topological polar surface area (TPSA) is 223 Å². The van der Waals surface area contributed by atoms with Gasteiger partial charge < -0.3 is 42.0 Å². The van der Waals surface area contributed by atoms with Crippen molar-refractivity contribution in [3.8, 4) is 34.0 Å². The predicted molar refractivity (Wildman–Crippen MR) is 133 cm³/mol. The Labute approximate surface area is 204 Å². The third-order valence-electron chi connectivity index (χ3n) is 6.25. The van der Waals surface area contributed by atoms with Crippen LogP contribution in [0.2, 0.25) is 0 Å². The molecule has 4 rings (SSSR count). The number of H-pyrrole nitrogens is 1. The summed E-state index contributed by atoms with van der Waals surface area (Å²) in [5, 5.41) is 59.4. The van der Waals surface area contributed by atoms with Crippen molar-refractivity contribution in [2.75, 3.05) is 13.2 Å². The van der Waals surface area contributed by atoms with Crippen molar-refractivity contribution < 1.29 is 30.3 Å². The predicted octanol–water partition coefficient (Wildman–Crippen LogP) is 1.36. The van der Waals surface area contributed by atoms with Gasteiger partial charge in [-0.05, 0) is 53.6 Å². The van der Waals surface area contributed by atoms with E-state index < -0.39 is 24.6 Å². The van der Waals surface area contributed by atoms with Gasteiger partial charge in [-0.1, -0.05) is 6.07 Å². The minimum absolute atomic E-state index is 0.0229. The van der Waals surface area contributed by atoms with E-state index in [1.165, 1.54) is 18.2 Å². The number of phenols is 2. The highest BCUT2D eigenvalue weighted by atomic mass is 16.4. The molecular formula is C25H25N5O6. The largest absolute Gasteiger partial charge is 0.507 e. The van der Waals surface area contributed by atoms with Gasteiger partial charge in [-0.15, -0.1) is 0 Å². The van der Waals surface area contributed by atoms with E-state index in [4.69, 9.17) is 16.9 Å². The molecule has 0 aliphatic carbocycles. The number of aliphatic carboxylic acids is 1. The number of phenolic OH excluding ortho intramolecular Hbond substituents is 2. The van der Waals surface area contributed by atoms with Crippen molar-refractivity contribution in [1.29, 1.82) is 5.41 Å². The smallest absolute Gasteiger partial charge is 0.318 e. The second kappa shape index (κ2) is 9.30. The van der Waals surface area contributed by atoms with E-state index >= 15 is 0 Å². The van der Waals surface area contributed by atoms with Gasteiger partial charge in [-0.3, -0.25) is 10.2 Å². The number of carboxylic acid groups (broad SMARTS) is 1. The van der Waals surface area contributed by atoms with Gasteiger partial charge in [0.15, 0.2) is 0 Å². The second-order valence-corrected chi connectivity index (χ2v) is 8.41. The first-order valence-electron chi connectivity index (χ1n) is 10.8. The number of benzene rings is 3. The molecule has 4 aromatic rings. The number of nitrogens with two attached hydrogens (primary N) is 2. The maximum Gasteiger partial charge on any atom is 0.318 e. The molecule has 11 heteroatoms. The van der Waals surface area contributed by atoms with Crippen LogP contribution in [0.15, 0.2) is 48.5 Å². The molecule has 1 heterocycles. The molecule has 11 nitrogen and oxygen atoms in total. The van der Waals surface area contributed by atoms with Crippen molar-refractivity contribution in [3.63, 3.8) is 0 Å². The number of hydrogen-bond acceptors (Lipinski definition) is 8. The van der Waals surface area contributed by atoms with Crippen LogP contribution >= 0.6 is 0 Å². The lowest BCUT2D eigenvalue weighted by molar-refractivity contribution is -0.147. The van der Waals surface area contributed by atoms with Crippen LogP contribution < -0.4 is 11.5 Å². The molecule has 0 amide bonds. The number of aliphatic hydroxyl groups is 2. The van der Waals surface area contributed by atoms with Crippen molar-refractivity contribution >= 4 is 22.8 Å². The lowest BCUT2D eigenvalue weighted by atomic mass is 9.79. The van der Waals surface area contributed by atoms with Gasteiger partial charge in [0.05, 0.1) is 29.8 Å². The van der Waals surface area contributed by atoms with Crippen LogP contribution in [0, 0.1) is 5.41 Å². The minimum atomic E-state index is -2.11. The van der Waals surface area contributed by atoms with Crippen LogP contribution in [0.25, 0.3) is 33.5 Å². The van der Waals surface area contributed by atoms with Gasteiger partial charge in [0.2, 0.25) is 0 Å². The van der Waals surface area contributed by atoms with E-state index in [1.54, 1.807) is 30.3 Å². The molecule has 0 aliphatic rings. The maximum atomic E-state index is 12.2. The number of rotatable bonds is 8. The summed E-state index contributed by atoms with van der Waals surface area (Å²) in [6, 6.07) is 12.0. The average molecular weight is 492 g/mol. The van der Waals surface area contributed by atoms with Crippen molar-refractivity contribution in [2.24, 2.45) is 11.5 Å². The number of aromatic nitrogens is 2. The Hall–Kier alpha value is -4.45. The monoisotopic (exact) mass is 491 g/mol. The lowest BCUT2D eigenvalue weighted by Gasteiger charge is -2.27. The summed E-state index contributed by atoms with van der Waals surface area (Å²) in [4.78, 5) is 19.7. The number of nitrogens with one attached hydrogen (secondary N) is 2. The Kier molecular flexibility index (Phi) is 6.37. The molecule has 1 aromatic heterocycles. The number of nitrogen functional groups attached to an aromatic ring is 1. The number of nitrogens with zero attached hydrogens (tertiary/aromatic N) is 1. The molecule has 0 bridgehead atoms. The Morgan fingerprint density at radius 3 is 2.31 bits per heavy atom. The van der Waals surface area contributed by atoms with Gasteiger partial charge in [0, 0.05) is 23.2 Å². The normalized spacial score (nSPS) is 11.6. The molecule has 36 heavy (non-hydrogen) atoms. The first kappa shape index (κ1) is 24.7. The van der Waals surface area contributed by atoms with Crippen LogP contribution in [-0.4, -0.2) is 60.5 Å². The first-order valence-corrected chi connectivity index (χ1v) is 10.8. The summed E-state index contributed by atoms with van der Waals surface area (Å²) >= 11 is 0. The van der Waals surface area contributed by atoms with E-state index in [1.807, 2.05) is 0 Å². The minimum Gasteiger partial charge on any atom is -0.507 e. The molecule has 0 saturated carbocycles. The number of aliphatic hydroxyl groups excluding tert-OH is 2. The SMILES string of the molecule is N=C(N)c1ccc2[nH]c(-c3cc(C(CO)(CO)C(=O)O)cc(-c4cc(CN)ccc4O)c3O)nc2c1. The van der Waals surface area contributed by atoms with E-state index in [0.29, 0.717) is 22.2 Å². The Bertz CT molecular complexity index is 1490. The summed E-state index contributed by atoms with van der Waals surface area (Å²) in [7, 11) is 0. The Morgan fingerprint density at radius 1 is 1.00 bits per heavy atom. The number of fused-ring (bicyclic) bond motifs is 1. The number of aromatic amines is 1. The van der Waals surface area contributed by atoms with Crippen molar-refractivity contribution in [2.45, 2.75) is 12.0 Å². The first-order chi connectivity index (χ1) is 17.1.